The summed E-state index contributed by atoms with van der Waals surface area (Å²) in [6.07, 6.45) is -0.209. The Morgan fingerprint density at radius 3 is 2.47 bits per heavy atom. The number of ether oxygens (including phenoxy) is 1. The first kappa shape index (κ1) is 13.4. The normalized spacial score (nSPS) is 11.6. The fourth-order valence-corrected chi connectivity index (χ4v) is 0.810. The summed E-state index contributed by atoms with van der Waals surface area (Å²) in [7, 11) is 0. The smallest absolute Gasteiger partial charge is 0.302 e. The van der Waals surface area contributed by atoms with Gasteiger partial charge >= 0.3 is 5.97 Å². The average Bonchev–Trinajstić information content (AvgIpc) is 2.10. The maximum absolute atomic E-state index is 11.1. The Morgan fingerprint density at radius 2 is 2.00 bits per heavy atom. The number of nitrogens with two attached hydrogens (primary N) is 2. The number of hydrogen-bond donors (Lipinski definition) is 3. The molecule has 0 unspecified atom stereocenters. The van der Waals surface area contributed by atoms with Gasteiger partial charge in [0, 0.05) is 6.92 Å². The molecule has 7 nitrogen and oxygen atoms in total. The molecule has 0 radical (unpaired) electrons. The van der Waals surface area contributed by atoms with Crippen molar-refractivity contribution >= 4 is 17.8 Å². The van der Waals surface area contributed by atoms with Crippen molar-refractivity contribution in [3.05, 3.63) is 0 Å². The van der Waals surface area contributed by atoms with Crippen molar-refractivity contribution < 1.29 is 19.1 Å². The third kappa shape index (κ3) is 7.44. The molecule has 2 amide bonds. The highest BCUT2D eigenvalue weighted by molar-refractivity contribution is 5.87. The van der Waals surface area contributed by atoms with Gasteiger partial charge in [0.05, 0.1) is 19.0 Å². The molecule has 0 spiro atoms. The summed E-state index contributed by atoms with van der Waals surface area (Å²) in [5.74, 6) is -1.57. The number of hydrogen-bond acceptors (Lipinski definition) is 5. The Bertz CT molecular complexity index is 254. The third-order valence-electron chi connectivity index (χ3n) is 1.46. The number of carbonyl (C=O) groups excluding carboxylic acids is 3. The largest absolute Gasteiger partial charge is 0.464 e. The van der Waals surface area contributed by atoms with E-state index in [9.17, 15) is 14.4 Å². The van der Waals surface area contributed by atoms with Gasteiger partial charge in [0.15, 0.2) is 0 Å². The van der Waals surface area contributed by atoms with Gasteiger partial charge in [0.1, 0.15) is 6.61 Å². The van der Waals surface area contributed by atoms with Crippen molar-refractivity contribution in [2.45, 2.75) is 19.4 Å². The minimum absolute atomic E-state index is 0.0738. The SMILES string of the molecule is CC(=O)OCCNC(=O)[C@@H](N)CC(N)=O. The van der Waals surface area contributed by atoms with Crippen molar-refractivity contribution in [2.75, 3.05) is 13.2 Å². The number of esters is 1. The van der Waals surface area contributed by atoms with E-state index in [2.05, 4.69) is 10.1 Å². The topological polar surface area (TPSA) is 125 Å². The van der Waals surface area contributed by atoms with Gasteiger partial charge in [-0.05, 0) is 0 Å². The van der Waals surface area contributed by atoms with Gasteiger partial charge in [-0.1, -0.05) is 0 Å². The predicted octanol–water partition coefficient (Wildman–Crippen LogP) is -2.13. The molecular formula is C8H15N3O4. The third-order valence-corrected chi connectivity index (χ3v) is 1.46. The molecule has 15 heavy (non-hydrogen) atoms. The summed E-state index contributed by atoms with van der Waals surface area (Å²) in [6.45, 7) is 1.50. The van der Waals surface area contributed by atoms with Crippen molar-refractivity contribution in [1.29, 1.82) is 0 Å². The second-order valence-corrected chi connectivity index (χ2v) is 2.91. The molecule has 0 saturated heterocycles. The molecule has 0 aliphatic carbocycles. The van der Waals surface area contributed by atoms with Crippen molar-refractivity contribution in [3.8, 4) is 0 Å². The number of rotatable bonds is 6. The van der Waals surface area contributed by atoms with Gasteiger partial charge in [-0.3, -0.25) is 14.4 Å². The number of amides is 2. The van der Waals surface area contributed by atoms with E-state index < -0.39 is 23.8 Å². The quantitative estimate of drug-likeness (QED) is 0.346. The number of carbonyl (C=O) groups is 3. The molecule has 5 N–H and O–H groups in total. The van der Waals surface area contributed by atoms with Gasteiger partial charge in [0.2, 0.25) is 11.8 Å². The zero-order valence-electron chi connectivity index (χ0n) is 8.49. The second kappa shape index (κ2) is 6.77. The fraction of sp³-hybridized carbons (Fsp3) is 0.625. The molecule has 0 aromatic carbocycles. The lowest BCUT2D eigenvalue weighted by atomic mass is 10.2. The molecule has 7 heteroatoms. The zero-order valence-corrected chi connectivity index (χ0v) is 8.49. The van der Waals surface area contributed by atoms with Crippen LogP contribution in [0.4, 0.5) is 0 Å². The van der Waals surface area contributed by atoms with E-state index >= 15 is 0 Å². The highest BCUT2D eigenvalue weighted by atomic mass is 16.5. The van der Waals surface area contributed by atoms with Crippen LogP contribution in [-0.4, -0.2) is 37.0 Å². The van der Waals surface area contributed by atoms with E-state index in [-0.39, 0.29) is 19.6 Å². The lowest BCUT2D eigenvalue weighted by molar-refractivity contribution is -0.141. The first-order valence-corrected chi connectivity index (χ1v) is 4.38. The van der Waals surface area contributed by atoms with E-state index in [4.69, 9.17) is 11.5 Å². The van der Waals surface area contributed by atoms with Crippen LogP contribution in [0.15, 0.2) is 0 Å². The summed E-state index contributed by atoms with van der Waals surface area (Å²) in [6, 6.07) is -0.958. The lowest BCUT2D eigenvalue weighted by Gasteiger charge is -2.10. The van der Waals surface area contributed by atoms with Gasteiger partial charge in [-0.2, -0.15) is 0 Å². The Balaban J connectivity index is 3.64. The van der Waals surface area contributed by atoms with Crippen LogP contribution in [0.1, 0.15) is 13.3 Å². The summed E-state index contributed by atoms with van der Waals surface area (Å²) < 4.78 is 4.57. The van der Waals surface area contributed by atoms with Crippen LogP contribution in [0.25, 0.3) is 0 Å². The maximum atomic E-state index is 11.1. The van der Waals surface area contributed by atoms with Gasteiger partial charge in [-0.15, -0.1) is 0 Å². The Hall–Kier alpha value is -1.63. The fourth-order valence-electron chi connectivity index (χ4n) is 0.810. The minimum Gasteiger partial charge on any atom is -0.464 e. The Labute approximate surface area is 87.1 Å². The molecule has 0 heterocycles. The minimum atomic E-state index is -0.958. The van der Waals surface area contributed by atoms with Gasteiger partial charge in [-0.25, -0.2) is 0 Å². The van der Waals surface area contributed by atoms with E-state index in [0.717, 1.165) is 0 Å². The lowest BCUT2D eigenvalue weighted by Crippen LogP contribution is -2.44. The Kier molecular flexibility index (Phi) is 6.03. The van der Waals surface area contributed by atoms with Crippen LogP contribution >= 0.6 is 0 Å². The number of primary amides is 1. The summed E-state index contributed by atoms with van der Waals surface area (Å²) >= 11 is 0. The van der Waals surface area contributed by atoms with E-state index in [1.165, 1.54) is 6.92 Å². The van der Waals surface area contributed by atoms with Crippen LogP contribution in [0.5, 0.6) is 0 Å². The van der Waals surface area contributed by atoms with Crippen LogP contribution < -0.4 is 16.8 Å². The summed E-state index contributed by atoms with van der Waals surface area (Å²) in [4.78, 5) is 31.9. The Morgan fingerprint density at radius 1 is 1.40 bits per heavy atom. The van der Waals surface area contributed by atoms with Gasteiger partial charge in [0.25, 0.3) is 0 Å². The van der Waals surface area contributed by atoms with E-state index in [1.54, 1.807) is 0 Å². The molecule has 1 atom stereocenters. The van der Waals surface area contributed by atoms with Crippen LogP contribution in [0, 0.1) is 0 Å². The van der Waals surface area contributed by atoms with E-state index in [0.29, 0.717) is 0 Å². The van der Waals surface area contributed by atoms with Crippen molar-refractivity contribution in [2.24, 2.45) is 11.5 Å². The van der Waals surface area contributed by atoms with Gasteiger partial charge < -0.3 is 21.5 Å². The molecule has 0 aliphatic rings. The predicted molar refractivity (Wildman–Crippen MR) is 51.4 cm³/mol. The van der Waals surface area contributed by atoms with Crippen LogP contribution in [0.2, 0.25) is 0 Å². The zero-order chi connectivity index (χ0) is 11.8. The molecule has 0 aromatic rings. The first-order valence-electron chi connectivity index (χ1n) is 4.38. The van der Waals surface area contributed by atoms with E-state index in [1.807, 2.05) is 0 Å². The molecule has 0 rings (SSSR count). The molecule has 86 valence electrons. The average molecular weight is 217 g/mol. The highest BCUT2D eigenvalue weighted by Gasteiger charge is 2.14. The number of nitrogens with one attached hydrogen (secondary N) is 1. The molecule has 0 aliphatic heterocycles. The monoisotopic (exact) mass is 217 g/mol. The molecule has 0 aromatic heterocycles. The molecule has 0 saturated carbocycles. The molecule has 0 fully saturated rings. The first-order chi connectivity index (χ1) is 6.93. The molecular weight excluding hydrogens is 202 g/mol. The standard InChI is InChI=1S/C8H15N3O4/c1-5(12)15-3-2-11-8(14)6(9)4-7(10)13/h6H,2-4,9H2,1H3,(H2,10,13)(H,11,14)/t6-/m0/s1. The summed E-state index contributed by atoms with van der Waals surface area (Å²) in [5.41, 5.74) is 10.2. The van der Waals surface area contributed by atoms with Crippen molar-refractivity contribution in [1.82, 2.24) is 5.32 Å². The molecule has 0 bridgehead atoms. The van der Waals surface area contributed by atoms with Crippen molar-refractivity contribution in [3.63, 3.8) is 0 Å². The highest BCUT2D eigenvalue weighted by Crippen LogP contribution is 1.86. The van der Waals surface area contributed by atoms with Crippen LogP contribution in [-0.2, 0) is 19.1 Å². The maximum Gasteiger partial charge on any atom is 0.302 e. The summed E-state index contributed by atoms with van der Waals surface area (Å²) in [5, 5.41) is 2.39. The van der Waals surface area contributed by atoms with Crippen LogP contribution in [0.3, 0.4) is 0 Å². The second-order valence-electron chi connectivity index (χ2n) is 2.91.